The molecule has 2 aromatic rings. The van der Waals surface area contributed by atoms with Gasteiger partial charge in [0.15, 0.2) is 5.76 Å². The zero-order chi connectivity index (χ0) is 19.3. The molecule has 4 rings (SSSR count). The number of rotatable bonds is 5. The van der Waals surface area contributed by atoms with Gasteiger partial charge in [0.1, 0.15) is 0 Å². The first-order valence-corrected chi connectivity index (χ1v) is 10.1. The van der Waals surface area contributed by atoms with Crippen molar-refractivity contribution in [3.8, 4) is 0 Å². The molecular formula is C22H27N3O3. The summed E-state index contributed by atoms with van der Waals surface area (Å²) in [7, 11) is 0. The summed E-state index contributed by atoms with van der Waals surface area (Å²) in [6.45, 7) is 3.93. The Kier molecular flexibility index (Phi) is 5.76. The molecule has 28 heavy (non-hydrogen) atoms. The third-order valence-electron chi connectivity index (χ3n) is 5.68. The van der Waals surface area contributed by atoms with E-state index in [-0.39, 0.29) is 23.8 Å². The fraction of sp³-hybridized carbons (Fsp3) is 0.455. The SMILES string of the molecule is O=C(NC1CCN(Cc2ccccc2)C1)C1CCCN(C(=O)c2ccco2)C1. The summed E-state index contributed by atoms with van der Waals surface area (Å²) in [5.41, 5.74) is 1.30. The van der Waals surface area contributed by atoms with E-state index in [1.165, 1.54) is 11.8 Å². The summed E-state index contributed by atoms with van der Waals surface area (Å²) in [6.07, 6.45) is 4.15. The lowest BCUT2D eigenvalue weighted by molar-refractivity contribution is -0.127. The first kappa shape index (κ1) is 18.7. The predicted octanol–water partition coefficient (Wildman–Crippen LogP) is 2.52. The van der Waals surface area contributed by atoms with Gasteiger partial charge in [-0.1, -0.05) is 30.3 Å². The molecule has 0 radical (unpaired) electrons. The monoisotopic (exact) mass is 381 g/mol. The summed E-state index contributed by atoms with van der Waals surface area (Å²) < 4.78 is 5.22. The molecule has 1 aromatic heterocycles. The van der Waals surface area contributed by atoms with Crippen LogP contribution in [-0.2, 0) is 11.3 Å². The zero-order valence-corrected chi connectivity index (χ0v) is 16.0. The van der Waals surface area contributed by atoms with Gasteiger partial charge in [-0.15, -0.1) is 0 Å². The lowest BCUT2D eigenvalue weighted by atomic mass is 9.96. The standard InChI is InChI=1S/C22H27N3O3/c26-21(18-8-4-11-25(15-18)22(27)20-9-5-13-28-20)23-19-10-12-24(16-19)14-17-6-2-1-3-7-17/h1-3,5-7,9,13,18-19H,4,8,10-12,14-16H2,(H,23,26). The number of carbonyl (C=O) groups is 2. The molecule has 2 fully saturated rings. The van der Waals surface area contributed by atoms with Gasteiger partial charge >= 0.3 is 0 Å². The van der Waals surface area contributed by atoms with Gasteiger partial charge in [-0.2, -0.15) is 0 Å². The van der Waals surface area contributed by atoms with Crippen LogP contribution in [0.5, 0.6) is 0 Å². The van der Waals surface area contributed by atoms with Crippen LogP contribution in [-0.4, -0.2) is 53.8 Å². The van der Waals surface area contributed by atoms with Crippen molar-refractivity contribution in [2.45, 2.75) is 31.8 Å². The van der Waals surface area contributed by atoms with Crippen LogP contribution in [0.2, 0.25) is 0 Å². The van der Waals surface area contributed by atoms with Crippen LogP contribution in [0, 0.1) is 5.92 Å². The number of nitrogens with one attached hydrogen (secondary N) is 1. The third kappa shape index (κ3) is 4.44. The second-order valence-corrected chi connectivity index (χ2v) is 7.78. The van der Waals surface area contributed by atoms with Gasteiger partial charge in [0.25, 0.3) is 5.91 Å². The van der Waals surface area contributed by atoms with Crippen molar-refractivity contribution >= 4 is 11.8 Å². The van der Waals surface area contributed by atoms with E-state index in [2.05, 4.69) is 34.5 Å². The molecular weight excluding hydrogens is 354 g/mol. The Morgan fingerprint density at radius 3 is 2.68 bits per heavy atom. The molecule has 2 aliphatic heterocycles. The molecule has 0 saturated carbocycles. The molecule has 2 amide bonds. The lowest BCUT2D eigenvalue weighted by Crippen LogP contribution is -2.48. The van der Waals surface area contributed by atoms with E-state index < -0.39 is 0 Å². The smallest absolute Gasteiger partial charge is 0.289 e. The minimum absolute atomic E-state index is 0.0727. The van der Waals surface area contributed by atoms with E-state index in [0.29, 0.717) is 18.8 Å². The van der Waals surface area contributed by atoms with E-state index in [0.717, 1.165) is 38.9 Å². The highest BCUT2D eigenvalue weighted by Crippen LogP contribution is 2.20. The number of nitrogens with zero attached hydrogens (tertiary/aromatic N) is 2. The molecule has 0 bridgehead atoms. The minimum atomic E-state index is -0.143. The highest BCUT2D eigenvalue weighted by Gasteiger charge is 2.32. The van der Waals surface area contributed by atoms with E-state index in [1.807, 2.05) is 6.07 Å². The van der Waals surface area contributed by atoms with Gasteiger partial charge in [-0.3, -0.25) is 14.5 Å². The number of amides is 2. The molecule has 2 unspecified atom stereocenters. The lowest BCUT2D eigenvalue weighted by Gasteiger charge is -2.32. The molecule has 0 aliphatic carbocycles. The number of benzene rings is 1. The topological polar surface area (TPSA) is 65.8 Å². The fourth-order valence-electron chi connectivity index (χ4n) is 4.19. The largest absolute Gasteiger partial charge is 0.459 e. The molecule has 6 nitrogen and oxygen atoms in total. The van der Waals surface area contributed by atoms with Crippen LogP contribution in [0.25, 0.3) is 0 Å². The first-order valence-electron chi connectivity index (χ1n) is 10.1. The Balaban J connectivity index is 1.27. The number of hydrogen-bond acceptors (Lipinski definition) is 4. The Morgan fingerprint density at radius 1 is 1.04 bits per heavy atom. The maximum atomic E-state index is 12.8. The Hall–Kier alpha value is -2.60. The minimum Gasteiger partial charge on any atom is -0.459 e. The van der Waals surface area contributed by atoms with Crippen LogP contribution in [0.1, 0.15) is 35.4 Å². The summed E-state index contributed by atoms with van der Waals surface area (Å²) in [5.74, 6) is 0.144. The molecule has 2 aliphatic rings. The quantitative estimate of drug-likeness (QED) is 0.864. The highest BCUT2D eigenvalue weighted by molar-refractivity contribution is 5.92. The number of hydrogen-bond donors (Lipinski definition) is 1. The Morgan fingerprint density at radius 2 is 1.89 bits per heavy atom. The van der Waals surface area contributed by atoms with Crippen molar-refractivity contribution in [2.75, 3.05) is 26.2 Å². The summed E-state index contributed by atoms with van der Waals surface area (Å²) in [6, 6.07) is 14.0. The molecule has 3 heterocycles. The van der Waals surface area contributed by atoms with E-state index in [4.69, 9.17) is 4.42 Å². The van der Waals surface area contributed by atoms with Gasteiger partial charge in [-0.25, -0.2) is 0 Å². The van der Waals surface area contributed by atoms with Crippen molar-refractivity contribution in [2.24, 2.45) is 5.92 Å². The number of carbonyl (C=O) groups excluding carboxylic acids is 2. The maximum Gasteiger partial charge on any atom is 0.289 e. The molecule has 148 valence electrons. The summed E-state index contributed by atoms with van der Waals surface area (Å²) >= 11 is 0. The first-order chi connectivity index (χ1) is 13.7. The van der Waals surface area contributed by atoms with Crippen LogP contribution in [0.3, 0.4) is 0 Å². The van der Waals surface area contributed by atoms with Crippen molar-refractivity contribution in [1.82, 2.24) is 15.1 Å². The van der Waals surface area contributed by atoms with Crippen LogP contribution in [0.4, 0.5) is 0 Å². The highest BCUT2D eigenvalue weighted by atomic mass is 16.3. The van der Waals surface area contributed by atoms with Crippen molar-refractivity contribution < 1.29 is 14.0 Å². The Labute approximate surface area is 165 Å². The van der Waals surface area contributed by atoms with Gasteiger partial charge in [0.2, 0.25) is 5.91 Å². The average Bonchev–Trinajstić information content (AvgIpc) is 3.41. The molecule has 2 atom stereocenters. The average molecular weight is 381 g/mol. The third-order valence-corrected chi connectivity index (χ3v) is 5.68. The zero-order valence-electron chi connectivity index (χ0n) is 16.0. The molecule has 2 saturated heterocycles. The number of likely N-dealkylation sites (tertiary alicyclic amines) is 2. The van der Waals surface area contributed by atoms with Crippen molar-refractivity contribution in [1.29, 1.82) is 0 Å². The second kappa shape index (κ2) is 8.61. The van der Waals surface area contributed by atoms with E-state index >= 15 is 0 Å². The molecule has 1 N–H and O–H groups in total. The van der Waals surface area contributed by atoms with Gasteiger partial charge < -0.3 is 14.6 Å². The van der Waals surface area contributed by atoms with E-state index in [1.54, 1.807) is 17.0 Å². The van der Waals surface area contributed by atoms with Crippen molar-refractivity contribution in [3.63, 3.8) is 0 Å². The van der Waals surface area contributed by atoms with Gasteiger partial charge in [0, 0.05) is 38.8 Å². The summed E-state index contributed by atoms with van der Waals surface area (Å²) in [4.78, 5) is 29.4. The summed E-state index contributed by atoms with van der Waals surface area (Å²) in [5, 5.41) is 3.22. The number of piperidine rings is 1. The van der Waals surface area contributed by atoms with Crippen molar-refractivity contribution in [3.05, 3.63) is 60.1 Å². The number of furan rings is 1. The molecule has 0 spiro atoms. The van der Waals surface area contributed by atoms with Crippen LogP contribution < -0.4 is 5.32 Å². The maximum absolute atomic E-state index is 12.8. The van der Waals surface area contributed by atoms with Gasteiger partial charge in [-0.05, 0) is 37.0 Å². The van der Waals surface area contributed by atoms with Crippen LogP contribution in [0.15, 0.2) is 53.1 Å². The van der Waals surface area contributed by atoms with E-state index in [9.17, 15) is 9.59 Å². The molecule has 6 heteroatoms. The van der Waals surface area contributed by atoms with Crippen LogP contribution >= 0.6 is 0 Å². The Bertz CT molecular complexity index is 791. The van der Waals surface area contributed by atoms with Gasteiger partial charge in [0.05, 0.1) is 12.2 Å². The predicted molar refractivity (Wildman–Crippen MR) is 106 cm³/mol. The second-order valence-electron chi connectivity index (χ2n) is 7.78. The normalized spacial score (nSPS) is 22.9. The molecule has 1 aromatic carbocycles. The fourth-order valence-corrected chi connectivity index (χ4v) is 4.19.